The van der Waals surface area contributed by atoms with Crippen LogP contribution in [0, 0.1) is 0 Å². The summed E-state index contributed by atoms with van der Waals surface area (Å²) < 4.78 is 11.0. The van der Waals surface area contributed by atoms with Crippen LogP contribution in [-0.2, 0) is 24.2 Å². The molecule has 0 saturated carbocycles. The Hall–Kier alpha value is -3.39. The molecule has 30 heavy (non-hydrogen) atoms. The monoisotopic (exact) mass is 423 g/mol. The van der Waals surface area contributed by atoms with Crippen molar-refractivity contribution in [2.75, 3.05) is 12.4 Å². The Kier molecular flexibility index (Phi) is 5.67. The first-order valence-corrected chi connectivity index (χ1v) is 10.5. The zero-order valence-corrected chi connectivity index (χ0v) is 17.5. The summed E-state index contributed by atoms with van der Waals surface area (Å²) in [7, 11) is 1.77. The summed E-state index contributed by atoms with van der Waals surface area (Å²) in [4.78, 5) is 30.8. The lowest BCUT2D eigenvalue weighted by Gasteiger charge is -2.17. The van der Waals surface area contributed by atoms with Crippen LogP contribution < -0.4 is 5.32 Å². The number of nitrogens with zero attached hydrogens (tertiary/aromatic N) is 2. The van der Waals surface area contributed by atoms with E-state index in [-0.39, 0.29) is 24.0 Å². The van der Waals surface area contributed by atoms with Crippen molar-refractivity contribution in [1.82, 2.24) is 9.88 Å². The van der Waals surface area contributed by atoms with E-state index < -0.39 is 0 Å². The Morgan fingerprint density at radius 3 is 2.80 bits per heavy atom. The zero-order valence-electron chi connectivity index (χ0n) is 16.7. The highest BCUT2D eigenvalue weighted by Gasteiger charge is 2.19. The lowest BCUT2D eigenvalue weighted by Crippen LogP contribution is -2.28. The molecule has 2 amide bonds. The van der Waals surface area contributed by atoms with E-state index >= 15 is 0 Å². The molecular weight excluding hydrogens is 402 g/mol. The van der Waals surface area contributed by atoms with Crippen molar-refractivity contribution in [3.63, 3.8) is 0 Å². The Bertz CT molecular complexity index is 1180. The van der Waals surface area contributed by atoms with Gasteiger partial charge in [0.05, 0.1) is 18.4 Å². The molecule has 0 aliphatic heterocycles. The number of hydrogen-bond donors (Lipinski definition) is 1. The molecule has 0 fully saturated rings. The van der Waals surface area contributed by atoms with Crippen LogP contribution in [0.5, 0.6) is 0 Å². The molecule has 0 aliphatic carbocycles. The average Bonchev–Trinajstić information content (AvgIpc) is 3.48. The molecule has 1 aromatic carbocycles. The topological polar surface area (TPSA) is 88.6 Å². The van der Waals surface area contributed by atoms with Crippen LogP contribution in [0.1, 0.15) is 34.5 Å². The Labute approximate surface area is 177 Å². The lowest BCUT2D eigenvalue weighted by molar-refractivity contribution is -0.129. The molecule has 3 heterocycles. The normalized spacial score (nSPS) is 11.0. The van der Waals surface area contributed by atoms with Crippen molar-refractivity contribution in [1.29, 1.82) is 0 Å². The summed E-state index contributed by atoms with van der Waals surface area (Å²) in [6.07, 6.45) is 2.35. The number of para-hydroxylation sites is 1. The summed E-state index contributed by atoms with van der Waals surface area (Å²) in [5.74, 6) is 0.675. The van der Waals surface area contributed by atoms with Crippen molar-refractivity contribution in [3.05, 3.63) is 70.8 Å². The summed E-state index contributed by atoms with van der Waals surface area (Å²) in [6.45, 7) is 2.50. The van der Waals surface area contributed by atoms with Gasteiger partial charge in [-0.25, -0.2) is 4.98 Å². The third-order valence-corrected chi connectivity index (χ3v) is 5.58. The number of likely N-dealkylation sites (N-methyl/N-ethyl adjacent to an activating group) is 1. The maximum absolute atomic E-state index is 12.8. The number of hydrogen-bond acceptors (Lipinski definition) is 6. The SMILES string of the molecule is CCc1oc2ccccc2c1CN(C)C(=O)Cc1csc(NC(=O)c2ccco2)n1. The fourth-order valence-corrected chi connectivity index (χ4v) is 3.94. The van der Waals surface area contributed by atoms with E-state index in [1.807, 2.05) is 31.2 Å². The van der Waals surface area contributed by atoms with Crippen molar-refractivity contribution in [2.45, 2.75) is 26.3 Å². The minimum atomic E-state index is -0.372. The fraction of sp³-hybridized carbons (Fsp3) is 0.227. The number of fused-ring (bicyclic) bond motifs is 1. The van der Waals surface area contributed by atoms with Gasteiger partial charge < -0.3 is 13.7 Å². The smallest absolute Gasteiger partial charge is 0.293 e. The van der Waals surface area contributed by atoms with Crippen LogP contribution in [0.3, 0.4) is 0 Å². The van der Waals surface area contributed by atoms with Crippen molar-refractivity contribution < 1.29 is 18.4 Å². The molecule has 0 spiro atoms. The fourth-order valence-electron chi connectivity index (χ4n) is 3.24. The maximum Gasteiger partial charge on any atom is 0.293 e. The van der Waals surface area contributed by atoms with E-state index in [9.17, 15) is 9.59 Å². The molecule has 4 rings (SSSR count). The number of aryl methyl sites for hydroxylation is 1. The number of aromatic nitrogens is 1. The first-order chi connectivity index (χ1) is 14.5. The Balaban J connectivity index is 1.41. The zero-order chi connectivity index (χ0) is 21.1. The van der Waals surface area contributed by atoms with Gasteiger partial charge in [-0.05, 0) is 18.2 Å². The number of furan rings is 2. The Morgan fingerprint density at radius 2 is 2.03 bits per heavy atom. The van der Waals surface area contributed by atoms with E-state index in [0.717, 1.165) is 28.7 Å². The Morgan fingerprint density at radius 1 is 1.20 bits per heavy atom. The molecule has 0 aliphatic rings. The third-order valence-electron chi connectivity index (χ3n) is 4.77. The van der Waals surface area contributed by atoms with E-state index in [4.69, 9.17) is 8.83 Å². The second-order valence-electron chi connectivity index (χ2n) is 6.86. The van der Waals surface area contributed by atoms with Crippen LogP contribution in [0.2, 0.25) is 0 Å². The highest BCUT2D eigenvalue weighted by molar-refractivity contribution is 7.14. The number of anilines is 1. The van der Waals surface area contributed by atoms with Crippen LogP contribution in [0.25, 0.3) is 11.0 Å². The molecule has 0 radical (unpaired) electrons. The second kappa shape index (κ2) is 8.54. The van der Waals surface area contributed by atoms with Gasteiger partial charge in [-0.15, -0.1) is 11.3 Å². The van der Waals surface area contributed by atoms with Crippen molar-refractivity contribution in [3.8, 4) is 0 Å². The van der Waals surface area contributed by atoms with E-state index in [1.165, 1.54) is 17.6 Å². The molecule has 3 aromatic heterocycles. The summed E-state index contributed by atoms with van der Waals surface area (Å²) >= 11 is 1.27. The summed E-state index contributed by atoms with van der Waals surface area (Å²) in [5.41, 5.74) is 2.48. The quantitative estimate of drug-likeness (QED) is 0.473. The third kappa shape index (κ3) is 4.13. The van der Waals surface area contributed by atoms with Gasteiger partial charge in [0.15, 0.2) is 10.9 Å². The number of rotatable bonds is 7. The molecule has 7 nitrogen and oxygen atoms in total. The average molecular weight is 423 g/mol. The predicted molar refractivity (Wildman–Crippen MR) is 115 cm³/mol. The molecule has 0 bridgehead atoms. The van der Waals surface area contributed by atoms with Gasteiger partial charge in [-0.3, -0.25) is 14.9 Å². The predicted octanol–water partition coefficient (Wildman–Crippen LogP) is 4.50. The highest BCUT2D eigenvalue weighted by atomic mass is 32.1. The number of nitrogens with one attached hydrogen (secondary N) is 1. The molecule has 154 valence electrons. The maximum atomic E-state index is 12.8. The molecule has 0 saturated heterocycles. The van der Waals surface area contributed by atoms with E-state index in [1.54, 1.807) is 29.5 Å². The minimum absolute atomic E-state index is 0.0588. The van der Waals surface area contributed by atoms with E-state index in [0.29, 0.717) is 17.4 Å². The van der Waals surface area contributed by atoms with Crippen molar-refractivity contribution >= 4 is 39.3 Å². The molecule has 0 unspecified atom stereocenters. The number of carbonyl (C=O) groups is 2. The first-order valence-electron chi connectivity index (χ1n) is 9.57. The first kappa shape index (κ1) is 19.9. The second-order valence-corrected chi connectivity index (χ2v) is 7.71. The van der Waals surface area contributed by atoms with Gasteiger partial charge in [0.1, 0.15) is 11.3 Å². The standard InChI is InChI=1S/C22H21N3O4S/c1-3-17-16(15-7-4-5-8-18(15)29-17)12-25(2)20(26)11-14-13-30-22(23-14)24-21(27)19-9-6-10-28-19/h4-10,13H,3,11-12H2,1-2H3,(H,23,24,27). The summed E-state index contributed by atoms with van der Waals surface area (Å²) in [6, 6.07) is 11.1. The minimum Gasteiger partial charge on any atom is -0.461 e. The summed E-state index contributed by atoms with van der Waals surface area (Å²) in [5, 5.41) is 5.91. The van der Waals surface area contributed by atoms with Crippen LogP contribution in [0.15, 0.2) is 56.9 Å². The number of benzene rings is 1. The largest absolute Gasteiger partial charge is 0.461 e. The lowest BCUT2D eigenvalue weighted by atomic mass is 10.1. The van der Waals surface area contributed by atoms with Crippen LogP contribution in [0.4, 0.5) is 5.13 Å². The molecule has 1 N–H and O–H groups in total. The van der Waals surface area contributed by atoms with E-state index in [2.05, 4.69) is 10.3 Å². The van der Waals surface area contributed by atoms with Crippen molar-refractivity contribution in [2.24, 2.45) is 0 Å². The van der Waals surface area contributed by atoms with Gasteiger partial charge in [0.2, 0.25) is 5.91 Å². The van der Waals surface area contributed by atoms with Gasteiger partial charge in [0, 0.05) is 36.3 Å². The van der Waals surface area contributed by atoms with Gasteiger partial charge in [0.25, 0.3) is 5.91 Å². The molecular formula is C22H21N3O4S. The van der Waals surface area contributed by atoms with Gasteiger partial charge in [-0.2, -0.15) is 0 Å². The van der Waals surface area contributed by atoms with Crippen LogP contribution in [-0.4, -0.2) is 28.7 Å². The number of carbonyl (C=O) groups excluding carboxylic acids is 2. The number of amides is 2. The highest BCUT2D eigenvalue weighted by Crippen LogP contribution is 2.27. The number of thiazole rings is 1. The molecule has 4 aromatic rings. The van der Waals surface area contributed by atoms with Gasteiger partial charge >= 0.3 is 0 Å². The molecule has 0 atom stereocenters. The molecule has 8 heteroatoms. The van der Waals surface area contributed by atoms with Gasteiger partial charge in [-0.1, -0.05) is 25.1 Å². The van der Waals surface area contributed by atoms with Crippen LogP contribution >= 0.6 is 11.3 Å².